The Labute approximate surface area is 137 Å². The molecule has 3 rings (SSSR count). The van der Waals surface area contributed by atoms with Crippen molar-refractivity contribution in [2.24, 2.45) is 4.99 Å². The zero-order valence-electron chi connectivity index (χ0n) is 12.7. The smallest absolute Gasteiger partial charge is 0.414 e. The first-order valence-electron chi connectivity index (χ1n) is 7.26. The quantitative estimate of drug-likeness (QED) is 0.844. The molecule has 0 saturated heterocycles. The number of carbonyl (C=O) groups is 2. The molecule has 0 atom stereocenters. The summed E-state index contributed by atoms with van der Waals surface area (Å²) in [5.41, 5.74) is 5.27. The zero-order chi connectivity index (χ0) is 16.8. The largest absolute Gasteiger partial charge is 0.473 e. The van der Waals surface area contributed by atoms with E-state index in [0.717, 1.165) is 25.9 Å². The Morgan fingerprint density at radius 2 is 1.91 bits per heavy atom. The van der Waals surface area contributed by atoms with Crippen molar-refractivity contribution in [2.75, 3.05) is 6.54 Å². The molecule has 3 heterocycles. The number of carboxylic acids is 2. The highest BCUT2D eigenvalue weighted by Crippen LogP contribution is 2.27. The summed E-state index contributed by atoms with van der Waals surface area (Å²) in [6, 6.07) is 6.65. The summed E-state index contributed by atoms with van der Waals surface area (Å²) >= 11 is 1.76. The lowest BCUT2D eigenvalue weighted by Crippen LogP contribution is -2.18. The van der Waals surface area contributed by atoms with Gasteiger partial charge in [-0.2, -0.15) is 11.3 Å². The first-order valence-corrected chi connectivity index (χ1v) is 8.20. The van der Waals surface area contributed by atoms with Crippen molar-refractivity contribution in [3.8, 4) is 11.3 Å². The Balaban J connectivity index is 0.000000277. The lowest BCUT2D eigenvalue weighted by Gasteiger charge is -2.18. The number of aliphatic carboxylic acids is 2. The van der Waals surface area contributed by atoms with Crippen molar-refractivity contribution in [3.05, 3.63) is 34.7 Å². The van der Waals surface area contributed by atoms with Crippen LogP contribution in [0.3, 0.4) is 0 Å². The molecule has 2 aromatic heterocycles. The Kier molecular flexibility index (Phi) is 5.70. The van der Waals surface area contributed by atoms with Crippen LogP contribution in [0.2, 0.25) is 0 Å². The lowest BCUT2D eigenvalue weighted by molar-refractivity contribution is -0.159. The number of rotatable bonds is 3. The van der Waals surface area contributed by atoms with Crippen LogP contribution in [0, 0.1) is 0 Å². The molecule has 0 spiro atoms. The lowest BCUT2D eigenvalue weighted by atomic mass is 10.1. The van der Waals surface area contributed by atoms with E-state index in [9.17, 15) is 0 Å². The SMILES string of the molecule is CCCC1=NCCn2c1ccc2-c1ccsc1.O=C(O)C(=O)O. The Morgan fingerprint density at radius 1 is 1.22 bits per heavy atom. The highest BCUT2D eigenvalue weighted by atomic mass is 32.1. The fourth-order valence-corrected chi connectivity index (χ4v) is 3.08. The van der Waals surface area contributed by atoms with Crippen LogP contribution >= 0.6 is 11.3 Å². The number of aliphatic imine (C=N–C) groups is 1. The monoisotopic (exact) mass is 334 g/mol. The average molecular weight is 334 g/mol. The van der Waals surface area contributed by atoms with Gasteiger partial charge in [-0.25, -0.2) is 9.59 Å². The maximum Gasteiger partial charge on any atom is 0.414 e. The summed E-state index contributed by atoms with van der Waals surface area (Å²) in [4.78, 5) is 22.9. The Bertz CT molecular complexity index is 705. The van der Waals surface area contributed by atoms with Crippen molar-refractivity contribution in [1.82, 2.24) is 4.57 Å². The highest BCUT2D eigenvalue weighted by Gasteiger charge is 2.17. The second kappa shape index (κ2) is 7.73. The van der Waals surface area contributed by atoms with Crippen LogP contribution in [0.5, 0.6) is 0 Å². The minimum absolute atomic E-state index is 0.925. The first-order chi connectivity index (χ1) is 11.0. The average Bonchev–Trinajstić information content (AvgIpc) is 3.17. The second-order valence-corrected chi connectivity index (χ2v) is 5.74. The van der Waals surface area contributed by atoms with Crippen LogP contribution < -0.4 is 0 Å². The van der Waals surface area contributed by atoms with Gasteiger partial charge in [0, 0.05) is 23.2 Å². The van der Waals surface area contributed by atoms with Crippen LogP contribution in [-0.2, 0) is 16.1 Å². The summed E-state index contributed by atoms with van der Waals surface area (Å²) in [5, 5.41) is 19.1. The molecule has 23 heavy (non-hydrogen) atoms. The van der Waals surface area contributed by atoms with Gasteiger partial charge in [-0.15, -0.1) is 0 Å². The molecular formula is C16H18N2O4S. The molecule has 0 amide bonds. The normalized spacial score (nSPS) is 12.7. The molecular weight excluding hydrogens is 316 g/mol. The zero-order valence-corrected chi connectivity index (χ0v) is 13.5. The first kappa shape index (κ1) is 17.0. The fourth-order valence-electron chi connectivity index (χ4n) is 2.43. The van der Waals surface area contributed by atoms with Crippen molar-refractivity contribution in [3.63, 3.8) is 0 Å². The predicted octanol–water partition coefficient (Wildman–Crippen LogP) is 2.98. The predicted molar refractivity (Wildman–Crippen MR) is 89.3 cm³/mol. The van der Waals surface area contributed by atoms with Gasteiger partial charge in [0.15, 0.2) is 0 Å². The Hall–Kier alpha value is -2.41. The number of hydrogen-bond donors (Lipinski definition) is 2. The molecule has 0 fully saturated rings. The summed E-state index contributed by atoms with van der Waals surface area (Å²) < 4.78 is 2.42. The summed E-state index contributed by atoms with van der Waals surface area (Å²) in [6.45, 7) is 4.15. The third kappa shape index (κ3) is 4.07. The van der Waals surface area contributed by atoms with Gasteiger partial charge in [0.1, 0.15) is 0 Å². The molecule has 6 nitrogen and oxygen atoms in total. The van der Waals surface area contributed by atoms with E-state index in [2.05, 4.69) is 45.4 Å². The van der Waals surface area contributed by atoms with E-state index in [-0.39, 0.29) is 0 Å². The van der Waals surface area contributed by atoms with Gasteiger partial charge in [-0.1, -0.05) is 13.3 Å². The summed E-state index contributed by atoms with van der Waals surface area (Å²) in [7, 11) is 0. The van der Waals surface area contributed by atoms with Crippen LogP contribution in [0.1, 0.15) is 25.5 Å². The molecule has 0 aromatic carbocycles. The molecule has 1 aliphatic rings. The minimum Gasteiger partial charge on any atom is -0.473 e. The number of aromatic nitrogens is 1. The van der Waals surface area contributed by atoms with E-state index in [1.54, 1.807) is 11.3 Å². The van der Waals surface area contributed by atoms with Gasteiger partial charge in [0.25, 0.3) is 0 Å². The summed E-state index contributed by atoms with van der Waals surface area (Å²) in [5.74, 6) is -3.65. The fraction of sp³-hybridized carbons (Fsp3) is 0.312. The molecule has 2 aromatic rings. The van der Waals surface area contributed by atoms with Crippen molar-refractivity contribution in [2.45, 2.75) is 26.3 Å². The van der Waals surface area contributed by atoms with Gasteiger partial charge in [-0.3, -0.25) is 4.99 Å². The minimum atomic E-state index is -1.82. The Morgan fingerprint density at radius 3 is 2.48 bits per heavy atom. The molecule has 2 N–H and O–H groups in total. The van der Waals surface area contributed by atoms with Gasteiger partial charge >= 0.3 is 11.9 Å². The molecule has 1 aliphatic heterocycles. The molecule has 0 bridgehead atoms. The number of fused-ring (bicyclic) bond motifs is 1. The highest BCUT2D eigenvalue weighted by molar-refractivity contribution is 7.08. The van der Waals surface area contributed by atoms with E-state index in [0.29, 0.717) is 0 Å². The van der Waals surface area contributed by atoms with Crippen molar-refractivity contribution in [1.29, 1.82) is 0 Å². The van der Waals surface area contributed by atoms with Gasteiger partial charge in [-0.05, 0) is 30.0 Å². The third-order valence-electron chi connectivity index (χ3n) is 3.39. The maximum atomic E-state index is 9.10. The second-order valence-electron chi connectivity index (χ2n) is 4.96. The van der Waals surface area contributed by atoms with Crippen LogP contribution in [-0.4, -0.2) is 39.0 Å². The third-order valence-corrected chi connectivity index (χ3v) is 4.07. The van der Waals surface area contributed by atoms with E-state index in [4.69, 9.17) is 19.8 Å². The number of hydrogen-bond acceptors (Lipinski definition) is 4. The van der Waals surface area contributed by atoms with Gasteiger partial charge in [0.2, 0.25) is 0 Å². The van der Waals surface area contributed by atoms with Gasteiger partial charge < -0.3 is 14.8 Å². The standard InChI is InChI=1S/C14H16N2S.C2H2O4/c1-2-3-12-14-5-4-13(11-6-9-17-10-11)16(14)8-7-15-12;3-1(4)2(5)6/h4-6,9-10H,2-3,7-8H2,1H3;(H,3,4)(H,5,6). The molecule has 122 valence electrons. The molecule has 7 heteroatoms. The van der Waals surface area contributed by atoms with E-state index in [1.165, 1.54) is 22.7 Å². The van der Waals surface area contributed by atoms with E-state index < -0.39 is 11.9 Å². The van der Waals surface area contributed by atoms with Crippen molar-refractivity contribution >= 4 is 29.0 Å². The maximum absolute atomic E-state index is 9.10. The van der Waals surface area contributed by atoms with Crippen molar-refractivity contribution < 1.29 is 19.8 Å². The number of carboxylic acid groups (broad SMARTS) is 2. The number of thiophene rings is 1. The van der Waals surface area contributed by atoms with Crippen LogP contribution in [0.15, 0.2) is 34.0 Å². The summed E-state index contributed by atoms with van der Waals surface area (Å²) in [6.07, 6.45) is 2.25. The van der Waals surface area contributed by atoms with E-state index in [1.807, 2.05) is 0 Å². The molecule has 0 radical (unpaired) electrons. The van der Waals surface area contributed by atoms with Crippen LogP contribution in [0.4, 0.5) is 0 Å². The molecule has 0 aliphatic carbocycles. The molecule has 0 saturated carbocycles. The molecule has 0 unspecified atom stereocenters. The number of nitrogens with zero attached hydrogens (tertiary/aromatic N) is 2. The van der Waals surface area contributed by atoms with E-state index >= 15 is 0 Å². The van der Waals surface area contributed by atoms with Crippen LogP contribution in [0.25, 0.3) is 11.3 Å². The topological polar surface area (TPSA) is 91.9 Å². The van der Waals surface area contributed by atoms with Gasteiger partial charge in [0.05, 0.1) is 18.0 Å².